The van der Waals surface area contributed by atoms with Crippen molar-refractivity contribution < 1.29 is 4.74 Å². The van der Waals surface area contributed by atoms with Crippen LogP contribution in [0.3, 0.4) is 0 Å². The van der Waals surface area contributed by atoms with Crippen LogP contribution in [0, 0.1) is 22.7 Å². The fourth-order valence-electron chi connectivity index (χ4n) is 4.11. The summed E-state index contributed by atoms with van der Waals surface area (Å²) in [6, 6.07) is 10.9. The summed E-state index contributed by atoms with van der Waals surface area (Å²) >= 11 is 0. The van der Waals surface area contributed by atoms with Crippen molar-refractivity contribution in [2.45, 2.75) is 44.9 Å². The zero-order valence-corrected chi connectivity index (χ0v) is 14.1. The van der Waals surface area contributed by atoms with E-state index in [9.17, 15) is 5.26 Å². The molecule has 0 aliphatic heterocycles. The number of hydrogen-bond donors (Lipinski definition) is 0. The number of allylic oxidation sites excluding steroid dienone is 3. The topological polar surface area (TPSA) is 33.0 Å². The minimum absolute atomic E-state index is 0.236. The third-order valence-corrected chi connectivity index (χ3v) is 5.69. The molecule has 0 bridgehead atoms. The molecule has 23 heavy (non-hydrogen) atoms. The fraction of sp³-hybridized carbons (Fsp3) is 0.476. The van der Waals surface area contributed by atoms with Crippen molar-refractivity contribution in [1.29, 1.82) is 5.26 Å². The van der Waals surface area contributed by atoms with Crippen LogP contribution in [0.2, 0.25) is 0 Å². The third kappa shape index (κ3) is 2.81. The summed E-state index contributed by atoms with van der Waals surface area (Å²) in [7, 11) is 1.69. The van der Waals surface area contributed by atoms with Crippen molar-refractivity contribution in [3.8, 4) is 11.8 Å². The second kappa shape index (κ2) is 6.24. The monoisotopic (exact) mass is 307 g/mol. The Kier molecular flexibility index (Phi) is 4.31. The van der Waals surface area contributed by atoms with Gasteiger partial charge in [0.2, 0.25) is 0 Å². The first-order valence-electron chi connectivity index (χ1n) is 8.52. The zero-order chi connectivity index (χ0) is 16.4. The van der Waals surface area contributed by atoms with Crippen LogP contribution in [0.25, 0.3) is 0 Å². The van der Waals surface area contributed by atoms with Crippen molar-refractivity contribution in [2.75, 3.05) is 7.11 Å². The molecule has 1 unspecified atom stereocenters. The van der Waals surface area contributed by atoms with Crippen LogP contribution in [-0.2, 0) is 0 Å². The van der Waals surface area contributed by atoms with Gasteiger partial charge in [-0.05, 0) is 61.8 Å². The quantitative estimate of drug-likeness (QED) is 0.687. The summed E-state index contributed by atoms with van der Waals surface area (Å²) in [5.74, 6) is 1.61. The molecule has 3 rings (SSSR count). The molecule has 2 aliphatic rings. The van der Waals surface area contributed by atoms with Gasteiger partial charge in [0, 0.05) is 5.92 Å². The van der Waals surface area contributed by atoms with Gasteiger partial charge in [0.05, 0.1) is 18.6 Å². The van der Waals surface area contributed by atoms with Gasteiger partial charge in [-0.1, -0.05) is 36.8 Å². The maximum Gasteiger partial charge on any atom is 0.118 e. The molecule has 0 aromatic heterocycles. The van der Waals surface area contributed by atoms with E-state index in [1.165, 1.54) is 36.8 Å². The number of benzene rings is 1. The van der Waals surface area contributed by atoms with Crippen LogP contribution < -0.4 is 4.74 Å². The first-order chi connectivity index (χ1) is 11.1. The average molecular weight is 307 g/mol. The Morgan fingerprint density at radius 3 is 2.65 bits per heavy atom. The van der Waals surface area contributed by atoms with Crippen molar-refractivity contribution in [1.82, 2.24) is 0 Å². The number of ether oxygens (including phenoxy) is 1. The summed E-state index contributed by atoms with van der Waals surface area (Å²) in [6.45, 7) is 6.44. The van der Waals surface area contributed by atoms with Crippen LogP contribution >= 0.6 is 0 Å². The van der Waals surface area contributed by atoms with Gasteiger partial charge >= 0.3 is 0 Å². The highest BCUT2D eigenvalue weighted by Crippen LogP contribution is 2.51. The Hall–Kier alpha value is -2.01. The lowest BCUT2D eigenvalue weighted by Crippen LogP contribution is -2.25. The van der Waals surface area contributed by atoms with Crippen LogP contribution in [0.4, 0.5) is 0 Å². The van der Waals surface area contributed by atoms with E-state index in [4.69, 9.17) is 4.74 Å². The van der Waals surface area contributed by atoms with Crippen LogP contribution in [0.5, 0.6) is 5.75 Å². The molecule has 1 aromatic carbocycles. The second-order valence-electron chi connectivity index (χ2n) is 7.06. The molecule has 2 heteroatoms. The van der Waals surface area contributed by atoms with Gasteiger partial charge in [0.1, 0.15) is 5.75 Å². The first kappa shape index (κ1) is 15.9. The Balaban J connectivity index is 2.06. The lowest BCUT2D eigenvalue weighted by molar-refractivity contribution is 0.391. The molecule has 0 N–H and O–H groups in total. The van der Waals surface area contributed by atoms with E-state index >= 15 is 0 Å². The van der Waals surface area contributed by atoms with Gasteiger partial charge in [-0.25, -0.2) is 0 Å². The first-order valence-corrected chi connectivity index (χ1v) is 8.52. The predicted molar refractivity (Wildman–Crippen MR) is 93.3 cm³/mol. The lowest BCUT2D eigenvalue weighted by atomic mass is 9.67. The van der Waals surface area contributed by atoms with Crippen molar-refractivity contribution in [2.24, 2.45) is 11.3 Å². The summed E-state index contributed by atoms with van der Waals surface area (Å²) in [6.07, 6.45) is 8.04. The molecule has 0 heterocycles. The molecule has 0 saturated heterocycles. The van der Waals surface area contributed by atoms with E-state index in [2.05, 4.69) is 30.9 Å². The van der Waals surface area contributed by atoms with Gasteiger partial charge in [0.25, 0.3) is 0 Å². The molecule has 120 valence electrons. The normalized spacial score (nSPS) is 30.7. The van der Waals surface area contributed by atoms with Gasteiger partial charge in [-0.15, -0.1) is 0 Å². The second-order valence-corrected chi connectivity index (χ2v) is 7.06. The van der Waals surface area contributed by atoms with E-state index in [1.807, 2.05) is 19.1 Å². The predicted octanol–water partition coefficient (Wildman–Crippen LogP) is 5.39. The molecular formula is C21H25NO. The lowest BCUT2D eigenvalue weighted by Gasteiger charge is -2.35. The molecule has 2 aliphatic carbocycles. The molecule has 0 amide bonds. The van der Waals surface area contributed by atoms with Gasteiger partial charge < -0.3 is 4.74 Å². The Labute approximate surface area is 139 Å². The van der Waals surface area contributed by atoms with Gasteiger partial charge in [-0.3, -0.25) is 0 Å². The Bertz CT molecular complexity index is 664. The molecule has 2 nitrogen and oxygen atoms in total. The number of hydrogen-bond acceptors (Lipinski definition) is 2. The SMILES string of the molecule is C=C1[C@H](c2ccc(OC)cc2)[C@H]2CCCCC2=CCC1(C)C#N. The molecular weight excluding hydrogens is 282 g/mol. The molecule has 1 aromatic rings. The number of fused-ring (bicyclic) bond motifs is 1. The van der Waals surface area contributed by atoms with Crippen LogP contribution in [0.15, 0.2) is 48.1 Å². The largest absolute Gasteiger partial charge is 0.497 e. The fourth-order valence-corrected chi connectivity index (χ4v) is 4.11. The van der Waals surface area contributed by atoms with Gasteiger partial charge in [-0.2, -0.15) is 5.26 Å². The van der Waals surface area contributed by atoms with E-state index in [0.717, 1.165) is 17.7 Å². The summed E-state index contributed by atoms with van der Waals surface area (Å²) in [4.78, 5) is 0. The molecule has 0 radical (unpaired) electrons. The third-order valence-electron chi connectivity index (χ3n) is 5.69. The van der Waals surface area contributed by atoms with E-state index in [-0.39, 0.29) is 5.92 Å². The van der Waals surface area contributed by atoms with E-state index < -0.39 is 5.41 Å². The summed E-state index contributed by atoms with van der Waals surface area (Å²) in [5, 5.41) is 9.77. The Morgan fingerprint density at radius 1 is 1.26 bits per heavy atom. The molecule has 1 saturated carbocycles. The molecule has 3 atom stereocenters. The van der Waals surface area contributed by atoms with Gasteiger partial charge in [0.15, 0.2) is 0 Å². The number of nitriles is 1. The average Bonchev–Trinajstić information content (AvgIpc) is 2.71. The maximum atomic E-state index is 9.77. The summed E-state index contributed by atoms with van der Waals surface area (Å²) in [5.41, 5.74) is 3.40. The molecule has 1 fully saturated rings. The number of nitrogens with zero attached hydrogens (tertiary/aromatic N) is 1. The minimum atomic E-state index is -0.477. The van der Waals surface area contributed by atoms with Crippen molar-refractivity contribution in [3.05, 3.63) is 53.6 Å². The van der Waals surface area contributed by atoms with Crippen molar-refractivity contribution in [3.63, 3.8) is 0 Å². The zero-order valence-electron chi connectivity index (χ0n) is 14.1. The van der Waals surface area contributed by atoms with Crippen LogP contribution in [-0.4, -0.2) is 7.11 Å². The maximum absolute atomic E-state index is 9.77. The molecule has 0 spiro atoms. The van der Waals surface area contributed by atoms with E-state index in [0.29, 0.717) is 5.92 Å². The van der Waals surface area contributed by atoms with E-state index in [1.54, 1.807) is 7.11 Å². The smallest absolute Gasteiger partial charge is 0.118 e. The highest BCUT2D eigenvalue weighted by atomic mass is 16.5. The Morgan fingerprint density at radius 2 is 2.00 bits per heavy atom. The van der Waals surface area contributed by atoms with Crippen molar-refractivity contribution >= 4 is 0 Å². The van der Waals surface area contributed by atoms with Crippen LogP contribution in [0.1, 0.15) is 50.5 Å². The standard InChI is InChI=1S/C21H25NO/c1-15-20(17-8-10-18(23-3)11-9-17)19-7-5-4-6-16(19)12-13-21(15,2)14-22/h8-12,19-20H,1,4-7,13H2,2-3H3/t19-,20+,21?/m0/s1. The highest BCUT2D eigenvalue weighted by molar-refractivity contribution is 5.42. The summed E-state index contributed by atoms with van der Waals surface area (Å²) < 4.78 is 5.29. The number of rotatable bonds is 2. The minimum Gasteiger partial charge on any atom is -0.497 e. The number of methoxy groups -OCH3 is 1. The highest BCUT2D eigenvalue weighted by Gasteiger charge is 2.40.